The third-order valence-electron chi connectivity index (χ3n) is 4.28. The molecule has 140 valence electrons. The number of nitrogens with zero attached hydrogens (tertiary/aromatic N) is 4. The van der Waals surface area contributed by atoms with Crippen LogP contribution in [0.15, 0.2) is 24.3 Å². The lowest BCUT2D eigenvalue weighted by Gasteiger charge is -2.29. The summed E-state index contributed by atoms with van der Waals surface area (Å²) >= 11 is 1.48. The average molecular weight is 375 g/mol. The molecule has 26 heavy (non-hydrogen) atoms. The van der Waals surface area contributed by atoms with Crippen LogP contribution in [-0.4, -0.2) is 43.8 Å². The molecule has 0 aliphatic carbocycles. The first-order chi connectivity index (χ1) is 12.4. The first-order valence-corrected chi connectivity index (χ1v) is 9.81. The van der Waals surface area contributed by atoms with Gasteiger partial charge in [-0.25, -0.2) is 4.98 Å². The Balaban J connectivity index is 2.10. The van der Waals surface area contributed by atoms with Crippen LogP contribution in [0, 0.1) is 6.92 Å². The monoisotopic (exact) mass is 374 g/mol. The molecule has 0 radical (unpaired) electrons. The molecule has 2 heterocycles. The molecule has 0 fully saturated rings. The van der Waals surface area contributed by atoms with E-state index < -0.39 is 0 Å². The van der Waals surface area contributed by atoms with E-state index in [0.29, 0.717) is 10.8 Å². The molecule has 0 spiro atoms. The number of benzene rings is 1. The van der Waals surface area contributed by atoms with Crippen LogP contribution in [0.25, 0.3) is 4.96 Å². The van der Waals surface area contributed by atoms with Crippen molar-refractivity contribution in [3.05, 3.63) is 40.5 Å². The highest BCUT2D eigenvalue weighted by molar-refractivity contribution is 7.17. The number of aryl methyl sites for hydroxylation is 1. The lowest BCUT2D eigenvalue weighted by Crippen LogP contribution is -2.29. The summed E-state index contributed by atoms with van der Waals surface area (Å²) < 4.78 is 7.40. The van der Waals surface area contributed by atoms with Gasteiger partial charge in [-0.05, 0) is 51.6 Å². The molecule has 0 amide bonds. The second-order valence-corrected chi connectivity index (χ2v) is 7.52. The van der Waals surface area contributed by atoms with E-state index >= 15 is 0 Å². The molecule has 3 aromatic rings. The summed E-state index contributed by atoms with van der Waals surface area (Å²) in [6.07, 6.45) is 0.114. The standard InChI is InChI=1S/C19H26N4O2S/c1-6-22(7-2)16(14-9-8-10-15(11-14)25-12(3)4)17-18(24)23-19(26-17)20-13(5)21-23/h8-12,16,24H,6-7H2,1-5H3. The Bertz CT molecular complexity index is 883. The predicted octanol–water partition coefficient (Wildman–Crippen LogP) is 4.02. The summed E-state index contributed by atoms with van der Waals surface area (Å²) in [6, 6.07) is 8.03. The summed E-state index contributed by atoms with van der Waals surface area (Å²) in [5.74, 6) is 1.66. The summed E-state index contributed by atoms with van der Waals surface area (Å²) in [4.78, 5) is 8.28. The predicted molar refractivity (Wildman–Crippen MR) is 104 cm³/mol. The largest absolute Gasteiger partial charge is 0.492 e. The van der Waals surface area contributed by atoms with E-state index in [-0.39, 0.29) is 18.0 Å². The van der Waals surface area contributed by atoms with E-state index in [2.05, 4.69) is 41.0 Å². The highest BCUT2D eigenvalue weighted by Crippen LogP contribution is 2.40. The Morgan fingerprint density at radius 2 is 2.00 bits per heavy atom. The SMILES string of the molecule is CCN(CC)C(c1cccc(OC(C)C)c1)c1sc2nc(C)nn2c1O. The molecular formula is C19H26N4O2S. The van der Waals surface area contributed by atoms with Crippen LogP contribution >= 0.6 is 11.3 Å². The number of thiazole rings is 1. The lowest BCUT2D eigenvalue weighted by atomic mass is 10.0. The molecular weight excluding hydrogens is 348 g/mol. The first-order valence-electron chi connectivity index (χ1n) is 9.00. The maximum Gasteiger partial charge on any atom is 0.230 e. The molecule has 0 saturated carbocycles. The van der Waals surface area contributed by atoms with Gasteiger partial charge in [0.15, 0.2) is 0 Å². The fourth-order valence-corrected chi connectivity index (χ4v) is 4.34. The Morgan fingerprint density at radius 3 is 2.62 bits per heavy atom. The summed E-state index contributed by atoms with van der Waals surface area (Å²) in [5.41, 5.74) is 1.09. The molecule has 0 aliphatic heterocycles. The summed E-state index contributed by atoms with van der Waals surface area (Å²) in [6.45, 7) is 11.8. The van der Waals surface area contributed by atoms with Crippen molar-refractivity contribution in [3.8, 4) is 11.6 Å². The fourth-order valence-electron chi connectivity index (χ4n) is 3.17. The molecule has 1 N–H and O–H groups in total. The molecule has 3 rings (SSSR count). The van der Waals surface area contributed by atoms with Gasteiger partial charge in [-0.3, -0.25) is 4.90 Å². The van der Waals surface area contributed by atoms with Crippen molar-refractivity contribution in [2.24, 2.45) is 0 Å². The zero-order valence-corrected chi connectivity index (χ0v) is 16.7. The normalized spacial score (nSPS) is 13.0. The highest BCUT2D eigenvalue weighted by atomic mass is 32.1. The maximum atomic E-state index is 10.8. The van der Waals surface area contributed by atoms with Crippen molar-refractivity contribution < 1.29 is 9.84 Å². The van der Waals surface area contributed by atoms with Crippen molar-refractivity contribution >= 4 is 16.3 Å². The minimum absolute atomic E-state index is 0.0745. The van der Waals surface area contributed by atoms with Gasteiger partial charge in [0.25, 0.3) is 0 Å². The number of aromatic hydroxyl groups is 1. The van der Waals surface area contributed by atoms with Crippen LogP contribution in [0.1, 0.15) is 50.0 Å². The fraction of sp³-hybridized carbons (Fsp3) is 0.474. The van der Waals surface area contributed by atoms with Gasteiger partial charge in [0, 0.05) is 0 Å². The minimum Gasteiger partial charge on any atom is -0.492 e. The molecule has 0 bridgehead atoms. The number of aromatic nitrogens is 3. The van der Waals surface area contributed by atoms with Crippen molar-refractivity contribution in [1.82, 2.24) is 19.5 Å². The van der Waals surface area contributed by atoms with Crippen molar-refractivity contribution in [3.63, 3.8) is 0 Å². The van der Waals surface area contributed by atoms with Crippen LogP contribution in [0.2, 0.25) is 0 Å². The molecule has 1 atom stereocenters. The zero-order valence-electron chi connectivity index (χ0n) is 15.9. The second-order valence-electron chi connectivity index (χ2n) is 6.51. The number of rotatable bonds is 7. The molecule has 1 unspecified atom stereocenters. The smallest absolute Gasteiger partial charge is 0.230 e. The van der Waals surface area contributed by atoms with E-state index in [1.165, 1.54) is 15.9 Å². The van der Waals surface area contributed by atoms with Crippen LogP contribution in [0.3, 0.4) is 0 Å². The van der Waals surface area contributed by atoms with E-state index in [1.54, 1.807) is 0 Å². The Kier molecular flexibility index (Phi) is 5.48. The molecule has 2 aromatic heterocycles. The molecule has 6 nitrogen and oxygen atoms in total. The van der Waals surface area contributed by atoms with Gasteiger partial charge < -0.3 is 9.84 Å². The van der Waals surface area contributed by atoms with Crippen molar-refractivity contribution in [2.75, 3.05) is 13.1 Å². The van der Waals surface area contributed by atoms with Gasteiger partial charge >= 0.3 is 0 Å². The van der Waals surface area contributed by atoms with Crippen LogP contribution < -0.4 is 4.74 Å². The average Bonchev–Trinajstić information content (AvgIpc) is 3.10. The number of ether oxygens (including phenoxy) is 1. The van der Waals surface area contributed by atoms with E-state index in [4.69, 9.17) is 4.74 Å². The molecule has 0 aliphatic rings. The zero-order chi connectivity index (χ0) is 18.8. The van der Waals surface area contributed by atoms with Crippen LogP contribution in [0.5, 0.6) is 11.6 Å². The van der Waals surface area contributed by atoms with Crippen LogP contribution in [-0.2, 0) is 0 Å². The number of fused-ring (bicyclic) bond motifs is 1. The van der Waals surface area contributed by atoms with Gasteiger partial charge in [0.1, 0.15) is 11.6 Å². The molecule has 1 aromatic carbocycles. The topological polar surface area (TPSA) is 62.9 Å². The molecule has 0 saturated heterocycles. The van der Waals surface area contributed by atoms with Gasteiger partial charge in [-0.2, -0.15) is 4.52 Å². The Labute approximate surface area is 158 Å². The Morgan fingerprint density at radius 1 is 1.27 bits per heavy atom. The third-order valence-corrected chi connectivity index (χ3v) is 5.35. The van der Waals surface area contributed by atoms with E-state index in [1.807, 2.05) is 32.9 Å². The maximum absolute atomic E-state index is 10.8. The van der Waals surface area contributed by atoms with Gasteiger partial charge in [0.2, 0.25) is 10.8 Å². The minimum atomic E-state index is -0.0745. The Hall–Kier alpha value is -2.12. The second kappa shape index (κ2) is 7.63. The lowest BCUT2D eigenvalue weighted by molar-refractivity contribution is 0.236. The van der Waals surface area contributed by atoms with Gasteiger partial charge in [-0.15, -0.1) is 5.10 Å². The van der Waals surface area contributed by atoms with E-state index in [0.717, 1.165) is 29.3 Å². The highest BCUT2D eigenvalue weighted by Gasteiger charge is 2.28. The number of hydrogen-bond acceptors (Lipinski definition) is 6. The van der Waals surface area contributed by atoms with E-state index in [9.17, 15) is 5.11 Å². The van der Waals surface area contributed by atoms with Crippen molar-refractivity contribution in [2.45, 2.75) is 46.8 Å². The van der Waals surface area contributed by atoms with Crippen LogP contribution in [0.4, 0.5) is 0 Å². The summed E-state index contributed by atoms with van der Waals surface area (Å²) in [5, 5.41) is 15.1. The number of hydrogen-bond donors (Lipinski definition) is 1. The van der Waals surface area contributed by atoms with Gasteiger partial charge in [-0.1, -0.05) is 37.3 Å². The first kappa shape index (κ1) is 18.7. The summed E-state index contributed by atoms with van der Waals surface area (Å²) in [7, 11) is 0. The van der Waals surface area contributed by atoms with Gasteiger partial charge in [0.05, 0.1) is 17.0 Å². The molecule has 7 heteroatoms. The third kappa shape index (κ3) is 3.54. The van der Waals surface area contributed by atoms with Crippen molar-refractivity contribution in [1.29, 1.82) is 0 Å². The quantitative estimate of drug-likeness (QED) is 0.677.